The second kappa shape index (κ2) is 8.04. The number of hydrogen-bond acceptors (Lipinski definition) is 3. The first-order chi connectivity index (χ1) is 7.83. The maximum absolute atomic E-state index is 5.76. The zero-order valence-corrected chi connectivity index (χ0v) is 10.9. The van der Waals surface area contributed by atoms with Crippen LogP contribution in [0.3, 0.4) is 0 Å². The smallest absolute Gasteiger partial charge is 0.0469 e. The Balaban J connectivity index is 2.47. The first-order valence-electron chi connectivity index (χ1n) is 6.87. The molecule has 2 unspecified atom stereocenters. The summed E-state index contributed by atoms with van der Waals surface area (Å²) in [7, 11) is 0. The average molecular weight is 228 g/mol. The molecule has 1 rings (SSSR count). The van der Waals surface area contributed by atoms with Gasteiger partial charge in [-0.1, -0.05) is 33.1 Å². The summed E-state index contributed by atoms with van der Waals surface area (Å²) in [6, 6.07) is 0.487. The molecule has 0 aromatic carbocycles. The molecular weight excluding hydrogens is 200 g/mol. The largest absolute Gasteiger partial charge is 0.381 e. The van der Waals surface area contributed by atoms with Crippen LogP contribution in [0.25, 0.3) is 0 Å². The quantitative estimate of drug-likeness (QED) is 0.520. The van der Waals surface area contributed by atoms with Crippen molar-refractivity contribution < 1.29 is 4.74 Å². The van der Waals surface area contributed by atoms with E-state index in [1.54, 1.807) is 0 Å². The van der Waals surface area contributed by atoms with E-state index in [0.29, 0.717) is 12.0 Å². The van der Waals surface area contributed by atoms with Crippen LogP contribution < -0.4 is 11.3 Å². The minimum absolute atomic E-state index is 0.487. The van der Waals surface area contributed by atoms with Crippen LogP contribution in [-0.2, 0) is 4.74 Å². The summed E-state index contributed by atoms with van der Waals surface area (Å²) in [5.74, 6) is 7.20. The van der Waals surface area contributed by atoms with E-state index >= 15 is 0 Å². The molecule has 1 aliphatic heterocycles. The molecule has 1 fully saturated rings. The van der Waals surface area contributed by atoms with E-state index in [9.17, 15) is 0 Å². The lowest BCUT2D eigenvalue weighted by Crippen LogP contribution is -2.47. The molecule has 1 saturated heterocycles. The van der Waals surface area contributed by atoms with Crippen molar-refractivity contribution in [2.24, 2.45) is 17.7 Å². The molecule has 0 aliphatic carbocycles. The van der Waals surface area contributed by atoms with Crippen LogP contribution in [0.2, 0.25) is 0 Å². The molecule has 0 spiro atoms. The molecule has 1 aliphatic rings. The minimum atomic E-state index is 0.487. The molecule has 1 heterocycles. The summed E-state index contributed by atoms with van der Waals surface area (Å²) in [6.45, 7) is 6.36. The van der Waals surface area contributed by atoms with Crippen LogP contribution in [0.15, 0.2) is 0 Å². The fraction of sp³-hybridized carbons (Fsp3) is 1.00. The van der Waals surface area contributed by atoms with Crippen molar-refractivity contribution >= 4 is 0 Å². The van der Waals surface area contributed by atoms with Crippen LogP contribution in [0, 0.1) is 11.8 Å². The van der Waals surface area contributed by atoms with Gasteiger partial charge in [-0.2, -0.15) is 0 Å². The highest BCUT2D eigenvalue weighted by Gasteiger charge is 2.28. The summed E-state index contributed by atoms with van der Waals surface area (Å²) in [6.07, 6.45) is 7.46. The SMILES string of the molecule is CCCCC(CC)C(NN)C1CCOCC1. The number of rotatable bonds is 7. The molecular formula is C13H28N2O. The van der Waals surface area contributed by atoms with E-state index in [0.717, 1.165) is 32.0 Å². The number of ether oxygens (including phenoxy) is 1. The fourth-order valence-electron chi connectivity index (χ4n) is 2.84. The Labute approximate surface area is 100 Å². The van der Waals surface area contributed by atoms with Crippen LogP contribution in [-0.4, -0.2) is 19.3 Å². The van der Waals surface area contributed by atoms with Gasteiger partial charge in [-0.05, 0) is 31.1 Å². The van der Waals surface area contributed by atoms with Gasteiger partial charge in [0.1, 0.15) is 0 Å². The number of unbranched alkanes of at least 4 members (excludes halogenated alkanes) is 1. The molecule has 0 radical (unpaired) electrons. The highest BCUT2D eigenvalue weighted by molar-refractivity contribution is 4.82. The lowest BCUT2D eigenvalue weighted by atomic mass is 9.80. The first-order valence-corrected chi connectivity index (χ1v) is 6.87. The monoisotopic (exact) mass is 228 g/mol. The second-order valence-corrected chi connectivity index (χ2v) is 4.95. The third-order valence-electron chi connectivity index (χ3n) is 3.93. The number of hydrazine groups is 1. The van der Waals surface area contributed by atoms with Crippen LogP contribution >= 0.6 is 0 Å². The Hall–Kier alpha value is -0.120. The van der Waals surface area contributed by atoms with Gasteiger partial charge in [0, 0.05) is 19.3 Å². The summed E-state index contributed by atoms with van der Waals surface area (Å²) >= 11 is 0. The van der Waals surface area contributed by atoms with E-state index in [2.05, 4.69) is 19.3 Å². The zero-order chi connectivity index (χ0) is 11.8. The lowest BCUT2D eigenvalue weighted by molar-refractivity contribution is 0.0429. The van der Waals surface area contributed by atoms with Gasteiger partial charge in [-0.25, -0.2) is 0 Å². The van der Waals surface area contributed by atoms with Gasteiger partial charge in [0.15, 0.2) is 0 Å². The summed E-state index contributed by atoms with van der Waals surface area (Å²) in [5.41, 5.74) is 3.08. The maximum atomic E-state index is 5.76. The van der Waals surface area contributed by atoms with Crippen molar-refractivity contribution in [1.82, 2.24) is 5.43 Å². The molecule has 96 valence electrons. The minimum Gasteiger partial charge on any atom is -0.381 e. The predicted molar refractivity (Wildman–Crippen MR) is 68.0 cm³/mol. The normalized spacial score (nSPS) is 21.9. The molecule has 0 aromatic rings. The van der Waals surface area contributed by atoms with Crippen molar-refractivity contribution in [2.75, 3.05) is 13.2 Å². The van der Waals surface area contributed by atoms with Crippen molar-refractivity contribution in [3.05, 3.63) is 0 Å². The molecule has 3 N–H and O–H groups in total. The van der Waals surface area contributed by atoms with E-state index in [1.807, 2.05) is 0 Å². The van der Waals surface area contributed by atoms with Gasteiger partial charge >= 0.3 is 0 Å². The van der Waals surface area contributed by atoms with Crippen LogP contribution in [0.1, 0.15) is 52.4 Å². The highest BCUT2D eigenvalue weighted by atomic mass is 16.5. The third kappa shape index (κ3) is 4.04. The van der Waals surface area contributed by atoms with E-state index in [4.69, 9.17) is 10.6 Å². The second-order valence-electron chi connectivity index (χ2n) is 4.95. The Bertz CT molecular complexity index is 169. The van der Waals surface area contributed by atoms with E-state index in [-0.39, 0.29) is 0 Å². The van der Waals surface area contributed by atoms with Crippen molar-refractivity contribution in [1.29, 1.82) is 0 Å². The molecule has 3 heteroatoms. The Kier molecular flexibility index (Phi) is 7.01. The first kappa shape index (κ1) is 13.9. The number of hydrogen-bond donors (Lipinski definition) is 2. The molecule has 0 amide bonds. The predicted octanol–water partition coefficient (Wildman–Crippen LogP) is 2.46. The standard InChI is InChI=1S/C13H28N2O/c1-3-5-6-11(4-2)13(15-14)12-7-9-16-10-8-12/h11-13,15H,3-10,14H2,1-2H3. The summed E-state index contributed by atoms with van der Waals surface area (Å²) in [4.78, 5) is 0. The molecule has 0 aromatic heterocycles. The van der Waals surface area contributed by atoms with Crippen LogP contribution in [0.4, 0.5) is 0 Å². The highest BCUT2D eigenvalue weighted by Crippen LogP contribution is 2.27. The number of nitrogens with one attached hydrogen (secondary N) is 1. The van der Waals surface area contributed by atoms with Gasteiger partial charge < -0.3 is 4.74 Å². The van der Waals surface area contributed by atoms with Crippen LogP contribution in [0.5, 0.6) is 0 Å². The van der Waals surface area contributed by atoms with Gasteiger partial charge in [0.25, 0.3) is 0 Å². The topological polar surface area (TPSA) is 47.3 Å². The summed E-state index contributed by atoms with van der Waals surface area (Å²) < 4.78 is 5.42. The van der Waals surface area contributed by atoms with Gasteiger partial charge in [0.05, 0.1) is 0 Å². The Morgan fingerprint density at radius 1 is 1.31 bits per heavy atom. The van der Waals surface area contributed by atoms with Crippen molar-refractivity contribution in [3.63, 3.8) is 0 Å². The third-order valence-corrected chi connectivity index (χ3v) is 3.93. The lowest BCUT2D eigenvalue weighted by Gasteiger charge is -2.35. The fourth-order valence-corrected chi connectivity index (χ4v) is 2.84. The Morgan fingerprint density at radius 3 is 2.50 bits per heavy atom. The molecule has 0 bridgehead atoms. The van der Waals surface area contributed by atoms with E-state index in [1.165, 1.54) is 25.7 Å². The van der Waals surface area contributed by atoms with Gasteiger partial charge in [0.2, 0.25) is 0 Å². The van der Waals surface area contributed by atoms with Gasteiger partial charge in [-0.15, -0.1) is 0 Å². The molecule has 2 atom stereocenters. The average Bonchev–Trinajstić information content (AvgIpc) is 2.35. The van der Waals surface area contributed by atoms with Gasteiger partial charge in [-0.3, -0.25) is 11.3 Å². The van der Waals surface area contributed by atoms with Crippen molar-refractivity contribution in [2.45, 2.75) is 58.4 Å². The zero-order valence-electron chi connectivity index (χ0n) is 10.9. The summed E-state index contributed by atoms with van der Waals surface area (Å²) in [5, 5.41) is 0. The molecule has 0 saturated carbocycles. The van der Waals surface area contributed by atoms with E-state index < -0.39 is 0 Å². The number of nitrogens with two attached hydrogens (primary N) is 1. The van der Waals surface area contributed by atoms with Crippen molar-refractivity contribution in [3.8, 4) is 0 Å². The maximum Gasteiger partial charge on any atom is 0.0469 e. The molecule has 3 nitrogen and oxygen atoms in total. The Morgan fingerprint density at radius 2 is 2.00 bits per heavy atom. The molecule has 16 heavy (non-hydrogen) atoms.